The number of anilines is 3. The average molecular weight is 819 g/mol. The highest BCUT2D eigenvalue weighted by molar-refractivity contribution is 6.10. The molecular formula is C61H42N2O. The van der Waals surface area contributed by atoms with Gasteiger partial charge in [-0.25, -0.2) is 0 Å². The van der Waals surface area contributed by atoms with E-state index in [0.29, 0.717) is 0 Å². The van der Waals surface area contributed by atoms with E-state index in [4.69, 9.17) is 4.42 Å². The Bertz CT molecular complexity index is 3790. The molecule has 0 N–H and O–H groups in total. The highest BCUT2D eigenvalue weighted by Crippen LogP contribution is 2.51. The van der Waals surface area contributed by atoms with Gasteiger partial charge in [0.25, 0.3) is 0 Å². The molecule has 12 aromatic rings. The number of hydrogen-bond donors (Lipinski definition) is 0. The molecule has 1 aliphatic rings. The molecule has 2 aromatic heterocycles. The summed E-state index contributed by atoms with van der Waals surface area (Å²) in [5, 5.41) is 7.09. The number of hydrogen-bond acceptors (Lipinski definition) is 2. The maximum Gasteiger partial charge on any atom is 0.135 e. The number of nitrogens with zero attached hydrogens (tertiary/aromatic N) is 2. The van der Waals surface area contributed by atoms with Gasteiger partial charge >= 0.3 is 0 Å². The summed E-state index contributed by atoms with van der Waals surface area (Å²) in [5.41, 5.74) is 18.5. The molecule has 1 aliphatic carbocycles. The van der Waals surface area contributed by atoms with Gasteiger partial charge in [0.2, 0.25) is 0 Å². The van der Waals surface area contributed by atoms with Gasteiger partial charge in [-0.3, -0.25) is 0 Å². The normalized spacial score (nSPS) is 13.0. The van der Waals surface area contributed by atoms with Crippen molar-refractivity contribution >= 4 is 71.6 Å². The molecule has 302 valence electrons. The fourth-order valence-electron chi connectivity index (χ4n) is 10.7. The average Bonchev–Trinajstić information content (AvgIpc) is 3.97. The van der Waals surface area contributed by atoms with Crippen LogP contribution in [0.3, 0.4) is 0 Å². The van der Waals surface area contributed by atoms with Crippen molar-refractivity contribution in [2.75, 3.05) is 4.90 Å². The van der Waals surface area contributed by atoms with Crippen molar-refractivity contribution in [3.63, 3.8) is 0 Å². The van der Waals surface area contributed by atoms with E-state index in [2.05, 4.69) is 236 Å². The van der Waals surface area contributed by atoms with Crippen LogP contribution in [0.25, 0.3) is 93.6 Å². The summed E-state index contributed by atoms with van der Waals surface area (Å²) in [7, 11) is 0. The lowest BCUT2D eigenvalue weighted by atomic mass is 9.81. The van der Waals surface area contributed by atoms with Crippen molar-refractivity contribution < 1.29 is 4.42 Å². The zero-order chi connectivity index (χ0) is 42.5. The number of para-hydroxylation sites is 3. The standard InChI is InChI=1S/C61H42N2O/c1-61(2)54-24-9-5-20-47(54)48-32-29-41(36-55(48)61)52-37-43(30-33-45(52)40-17-13-18-42(35-40)63-57-25-10-6-21-49(57)50-22-7-11-26-58(50)63)62(56-27-14-16-39-15-3-4-19-46(39)56)44-31-34-60-53(38-44)51-23-8-12-28-59(51)64-60/h3-38H,1-2H3. The van der Waals surface area contributed by atoms with Crippen LogP contribution >= 0.6 is 0 Å². The molecule has 0 spiro atoms. The lowest BCUT2D eigenvalue weighted by Gasteiger charge is -2.28. The Balaban J connectivity index is 1.06. The van der Waals surface area contributed by atoms with Crippen LogP contribution in [0.15, 0.2) is 223 Å². The number of aromatic nitrogens is 1. The first kappa shape index (κ1) is 36.5. The lowest BCUT2D eigenvalue weighted by Crippen LogP contribution is -2.15. The Labute approximate surface area is 371 Å². The summed E-state index contributed by atoms with van der Waals surface area (Å²) < 4.78 is 8.76. The molecule has 0 saturated heterocycles. The molecule has 0 aliphatic heterocycles. The second kappa shape index (κ2) is 13.9. The molecule has 64 heavy (non-hydrogen) atoms. The summed E-state index contributed by atoms with van der Waals surface area (Å²) in [4.78, 5) is 2.43. The Hall–Kier alpha value is -8.14. The maximum absolute atomic E-state index is 6.35. The van der Waals surface area contributed by atoms with Gasteiger partial charge in [0.1, 0.15) is 11.2 Å². The second-order valence-electron chi connectivity index (χ2n) is 17.7. The third-order valence-electron chi connectivity index (χ3n) is 13.8. The van der Waals surface area contributed by atoms with Crippen LogP contribution < -0.4 is 4.90 Å². The zero-order valence-electron chi connectivity index (χ0n) is 35.6. The molecule has 3 nitrogen and oxygen atoms in total. The third kappa shape index (κ3) is 5.47. The second-order valence-corrected chi connectivity index (χ2v) is 17.7. The fourth-order valence-corrected chi connectivity index (χ4v) is 10.7. The first-order chi connectivity index (χ1) is 31.5. The van der Waals surface area contributed by atoms with Crippen LogP contribution in [0.5, 0.6) is 0 Å². The minimum Gasteiger partial charge on any atom is -0.456 e. The third-order valence-corrected chi connectivity index (χ3v) is 13.8. The van der Waals surface area contributed by atoms with Crippen LogP contribution in [-0.2, 0) is 5.41 Å². The van der Waals surface area contributed by atoms with Crippen molar-refractivity contribution in [1.29, 1.82) is 0 Å². The van der Waals surface area contributed by atoms with E-state index in [9.17, 15) is 0 Å². The topological polar surface area (TPSA) is 21.3 Å². The van der Waals surface area contributed by atoms with Gasteiger partial charge in [-0.05, 0) is 123 Å². The van der Waals surface area contributed by atoms with Gasteiger partial charge < -0.3 is 13.9 Å². The summed E-state index contributed by atoms with van der Waals surface area (Å²) in [6.07, 6.45) is 0. The predicted molar refractivity (Wildman–Crippen MR) is 269 cm³/mol. The molecule has 3 heteroatoms. The number of rotatable bonds is 6. The van der Waals surface area contributed by atoms with Crippen LogP contribution in [0.1, 0.15) is 25.0 Å². The summed E-state index contributed by atoms with van der Waals surface area (Å²) in [6, 6.07) is 79.9. The Morgan fingerprint density at radius 1 is 0.391 bits per heavy atom. The first-order valence-corrected chi connectivity index (χ1v) is 22.2. The van der Waals surface area contributed by atoms with Crippen LogP contribution in [-0.4, -0.2) is 4.57 Å². The largest absolute Gasteiger partial charge is 0.456 e. The quantitative estimate of drug-likeness (QED) is 0.167. The molecule has 2 heterocycles. The number of fused-ring (bicyclic) bond motifs is 10. The minimum atomic E-state index is -0.145. The molecule has 0 atom stereocenters. The van der Waals surface area contributed by atoms with E-state index in [1.807, 2.05) is 6.07 Å². The molecule has 13 rings (SSSR count). The fraction of sp³-hybridized carbons (Fsp3) is 0.0492. The lowest BCUT2D eigenvalue weighted by molar-refractivity contribution is 0.660. The van der Waals surface area contributed by atoms with Crippen molar-refractivity contribution in [2.45, 2.75) is 19.3 Å². The van der Waals surface area contributed by atoms with Crippen molar-refractivity contribution in [2.24, 2.45) is 0 Å². The molecule has 10 aromatic carbocycles. The zero-order valence-corrected chi connectivity index (χ0v) is 35.6. The van der Waals surface area contributed by atoms with Gasteiger partial charge in [-0.1, -0.05) is 159 Å². The van der Waals surface area contributed by atoms with Crippen molar-refractivity contribution in [3.8, 4) is 39.1 Å². The first-order valence-electron chi connectivity index (χ1n) is 22.2. The summed E-state index contributed by atoms with van der Waals surface area (Å²) >= 11 is 0. The number of furan rings is 1. The monoisotopic (exact) mass is 818 g/mol. The Morgan fingerprint density at radius 2 is 1.00 bits per heavy atom. The highest BCUT2D eigenvalue weighted by Gasteiger charge is 2.35. The van der Waals surface area contributed by atoms with Gasteiger partial charge in [-0.15, -0.1) is 0 Å². The van der Waals surface area contributed by atoms with Gasteiger partial charge in [0, 0.05) is 49.4 Å². The predicted octanol–water partition coefficient (Wildman–Crippen LogP) is 16.9. The smallest absolute Gasteiger partial charge is 0.135 e. The van der Waals surface area contributed by atoms with Gasteiger partial charge in [0.05, 0.1) is 16.7 Å². The van der Waals surface area contributed by atoms with Crippen LogP contribution in [0.4, 0.5) is 17.1 Å². The molecule has 0 bridgehead atoms. The highest BCUT2D eigenvalue weighted by atomic mass is 16.3. The van der Waals surface area contributed by atoms with Gasteiger partial charge in [-0.2, -0.15) is 0 Å². The van der Waals surface area contributed by atoms with E-state index < -0.39 is 0 Å². The van der Waals surface area contributed by atoms with E-state index in [1.165, 1.54) is 71.5 Å². The molecule has 0 radical (unpaired) electrons. The molecule has 0 saturated carbocycles. The molecule has 0 unspecified atom stereocenters. The van der Waals surface area contributed by atoms with Crippen LogP contribution in [0, 0.1) is 0 Å². The van der Waals surface area contributed by atoms with E-state index in [0.717, 1.165) is 50.3 Å². The van der Waals surface area contributed by atoms with Crippen molar-refractivity contribution in [3.05, 3.63) is 230 Å². The van der Waals surface area contributed by atoms with E-state index >= 15 is 0 Å². The van der Waals surface area contributed by atoms with E-state index in [1.54, 1.807) is 0 Å². The summed E-state index contributed by atoms with van der Waals surface area (Å²) in [6.45, 7) is 4.73. The number of benzene rings is 10. The minimum absolute atomic E-state index is 0.145. The van der Waals surface area contributed by atoms with Crippen LogP contribution in [0.2, 0.25) is 0 Å². The summed E-state index contributed by atoms with van der Waals surface area (Å²) in [5.74, 6) is 0. The van der Waals surface area contributed by atoms with E-state index in [-0.39, 0.29) is 5.41 Å². The van der Waals surface area contributed by atoms with Crippen molar-refractivity contribution in [1.82, 2.24) is 4.57 Å². The molecular weight excluding hydrogens is 777 g/mol. The van der Waals surface area contributed by atoms with Gasteiger partial charge in [0.15, 0.2) is 0 Å². The Morgan fingerprint density at radius 3 is 1.84 bits per heavy atom. The SMILES string of the molecule is CC1(C)c2ccccc2-c2ccc(-c3cc(N(c4ccc5oc6ccccc6c5c4)c4cccc5ccccc45)ccc3-c3cccc(-n4c5ccccc5c5ccccc54)c3)cc21. The Kier molecular flexibility index (Phi) is 7.95. The maximum atomic E-state index is 6.35. The molecule has 0 fully saturated rings. The molecule has 0 amide bonds.